The van der Waals surface area contributed by atoms with Crippen molar-refractivity contribution in [3.05, 3.63) is 42.0 Å². The number of rotatable bonds is 5. The number of hydrogen-bond donors (Lipinski definition) is 2. The fourth-order valence-corrected chi connectivity index (χ4v) is 6.08. The number of alkyl halides is 3. The monoisotopic (exact) mass is 551 g/mol. The maximum atomic E-state index is 13.5. The molecule has 1 aliphatic heterocycles. The summed E-state index contributed by atoms with van der Waals surface area (Å²) in [5.41, 5.74) is 1.22. The summed E-state index contributed by atoms with van der Waals surface area (Å²) in [4.78, 5) is 18.9. The van der Waals surface area contributed by atoms with E-state index in [2.05, 4.69) is 44.5 Å². The number of hydrogen-bond acceptors (Lipinski definition) is 5. The molecule has 3 aromatic rings. The van der Waals surface area contributed by atoms with Gasteiger partial charge in [-0.2, -0.15) is 0 Å². The molecule has 1 aliphatic carbocycles. The van der Waals surface area contributed by atoms with Gasteiger partial charge in [0, 0.05) is 0 Å². The number of piperidine rings is 1. The zero-order valence-corrected chi connectivity index (χ0v) is 20.9. The van der Waals surface area contributed by atoms with Gasteiger partial charge in [-0.1, -0.05) is 0 Å². The Bertz CT molecular complexity index is 1340. The van der Waals surface area contributed by atoms with E-state index in [4.69, 9.17) is 0 Å². The van der Waals surface area contributed by atoms with Crippen molar-refractivity contribution >= 4 is 36.8 Å². The number of aryl methyl sites for hydroxylation is 1. The number of fused-ring (bicyclic) bond motifs is 2. The molecule has 0 spiro atoms. The molecular weight excluding hydrogens is 526 g/mol. The van der Waals surface area contributed by atoms with Crippen LogP contribution in [0.2, 0.25) is 0 Å². The third kappa shape index (κ3) is 5.03. The van der Waals surface area contributed by atoms with Crippen LogP contribution in [0.3, 0.4) is 0 Å². The molecule has 4 heterocycles. The molecule has 0 bridgehead atoms. The van der Waals surface area contributed by atoms with Crippen molar-refractivity contribution in [1.82, 2.24) is 29.4 Å². The van der Waals surface area contributed by atoms with Gasteiger partial charge in [0.15, 0.2) is 0 Å². The molecule has 0 unspecified atom stereocenters. The van der Waals surface area contributed by atoms with Crippen LogP contribution >= 0.6 is 0 Å². The first-order valence-electron chi connectivity index (χ1n) is 11.1. The standard InChI is InChI=1S/C23H24F3N7OSe/c1-31-8-5-22(11-17(22)14-31)30-19-18-10-15(21(35-23(24,25)26)33(18)9-7-27-19)4-3-6-28-20(34)16-12-29-32(2)13-16/h7,9-10,12-13,17H,5-6,8,11,14H2,1-2H3,(H,27,30)(H,28,34)/t17-,22+/m0/s1. The van der Waals surface area contributed by atoms with Gasteiger partial charge >= 0.3 is 206 Å². The van der Waals surface area contributed by atoms with Crippen molar-refractivity contribution in [2.24, 2.45) is 13.0 Å². The van der Waals surface area contributed by atoms with Crippen molar-refractivity contribution in [1.29, 1.82) is 0 Å². The van der Waals surface area contributed by atoms with Gasteiger partial charge in [0.1, 0.15) is 0 Å². The second-order valence-corrected chi connectivity index (χ2v) is 11.2. The van der Waals surface area contributed by atoms with E-state index in [1.54, 1.807) is 29.9 Å². The predicted octanol–water partition coefficient (Wildman–Crippen LogP) is 1.20. The fraction of sp³-hybridized carbons (Fsp3) is 0.435. The van der Waals surface area contributed by atoms with Gasteiger partial charge in [0.05, 0.1) is 0 Å². The first-order valence-corrected chi connectivity index (χ1v) is 12.8. The molecule has 2 fully saturated rings. The Balaban J connectivity index is 1.40. The minimum atomic E-state index is -4.34. The second kappa shape index (κ2) is 8.90. The van der Waals surface area contributed by atoms with Crippen LogP contribution in [0.15, 0.2) is 30.9 Å². The molecule has 8 nitrogen and oxygen atoms in total. The Morgan fingerprint density at radius 2 is 2.20 bits per heavy atom. The minimum absolute atomic E-state index is 0.0000430. The van der Waals surface area contributed by atoms with Crippen LogP contribution in [0.25, 0.3) is 5.52 Å². The van der Waals surface area contributed by atoms with Crippen molar-refractivity contribution in [2.75, 3.05) is 32.0 Å². The summed E-state index contributed by atoms with van der Waals surface area (Å²) >= 11 is -1.80. The van der Waals surface area contributed by atoms with Crippen LogP contribution in [0, 0.1) is 17.8 Å². The van der Waals surface area contributed by atoms with Crippen LogP contribution < -0.4 is 15.2 Å². The Kier molecular flexibility index (Phi) is 6.03. The topological polar surface area (TPSA) is 79.5 Å². The van der Waals surface area contributed by atoms with Crippen LogP contribution in [0.4, 0.5) is 19.0 Å². The predicted molar refractivity (Wildman–Crippen MR) is 126 cm³/mol. The zero-order valence-electron chi connectivity index (χ0n) is 19.2. The SMILES string of the molecule is CN1CC[C@@]2(Nc3nccn4c([Se]C(F)(F)F)c(C#CCNC(=O)c5cnn(C)c5)cc34)C[C@H]2C1. The van der Waals surface area contributed by atoms with Gasteiger partial charge in [-0.05, 0) is 0 Å². The van der Waals surface area contributed by atoms with E-state index in [0.29, 0.717) is 28.4 Å². The van der Waals surface area contributed by atoms with Crippen molar-refractivity contribution in [2.45, 2.75) is 23.5 Å². The number of carbonyl (C=O) groups excluding carboxylic acids is 1. The number of halogens is 3. The van der Waals surface area contributed by atoms with Gasteiger partial charge < -0.3 is 0 Å². The van der Waals surface area contributed by atoms with E-state index in [1.165, 1.54) is 17.1 Å². The molecule has 184 valence electrons. The molecule has 1 amide bonds. The van der Waals surface area contributed by atoms with Gasteiger partial charge in [-0.15, -0.1) is 0 Å². The van der Waals surface area contributed by atoms with Crippen molar-refractivity contribution in [3.63, 3.8) is 0 Å². The number of likely N-dealkylation sites (tertiary alicyclic amines) is 1. The molecule has 0 aromatic carbocycles. The number of nitrogens with zero attached hydrogens (tertiary/aromatic N) is 5. The summed E-state index contributed by atoms with van der Waals surface area (Å²) in [5, 5.41) is 5.81. The van der Waals surface area contributed by atoms with Gasteiger partial charge in [-0.25, -0.2) is 0 Å². The third-order valence-electron chi connectivity index (χ3n) is 6.46. The van der Waals surface area contributed by atoms with Crippen molar-refractivity contribution in [3.8, 4) is 11.8 Å². The Hall–Kier alpha value is -3.00. The quantitative estimate of drug-likeness (QED) is 0.369. The Labute approximate surface area is 206 Å². The van der Waals surface area contributed by atoms with E-state index in [1.807, 2.05) is 0 Å². The van der Waals surface area contributed by atoms with E-state index >= 15 is 0 Å². The Morgan fingerprint density at radius 3 is 2.91 bits per heavy atom. The molecule has 12 heteroatoms. The first-order chi connectivity index (χ1) is 16.6. The number of nitrogens with one attached hydrogen (secondary N) is 2. The van der Waals surface area contributed by atoms with E-state index in [9.17, 15) is 18.0 Å². The molecule has 2 N–H and O–H groups in total. The van der Waals surface area contributed by atoms with Crippen LogP contribution in [0.5, 0.6) is 0 Å². The van der Waals surface area contributed by atoms with E-state index < -0.39 is 20.0 Å². The summed E-state index contributed by atoms with van der Waals surface area (Å²) < 4.78 is 43.5. The van der Waals surface area contributed by atoms with E-state index in [0.717, 1.165) is 25.9 Å². The number of anilines is 1. The normalized spacial score (nSPS) is 21.8. The zero-order chi connectivity index (χ0) is 24.8. The summed E-state index contributed by atoms with van der Waals surface area (Å²) in [7, 11) is 3.80. The summed E-state index contributed by atoms with van der Waals surface area (Å²) in [6.07, 6.45) is 8.09. The molecule has 0 radical (unpaired) electrons. The number of aromatic nitrogens is 4. The van der Waals surface area contributed by atoms with Crippen LogP contribution in [0.1, 0.15) is 28.8 Å². The average Bonchev–Trinajstić information content (AvgIpc) is 3.11. The first kappa shape index (κ1) is 23.7. The van der Waals surface area contributed by atoms with Gasteiger partial charge in [0.25, 0.3) is 0 Å². The number of amides is 1. The number of carbonyl (C=O) groups is 1. The second-order valence-electron chi connectivity index (χ2n) is 9.02. The molecule has 1 saturated heterocycles. The fourth-order valence-electron chi connectivity index (χ4n) is 4.62. The summed E-state index contributed by atoms with van der Waals surface area (Å²) in [6, 6.07) is 1.66. The molecule has 2 atom stereocenters. The molecule has 3 aromatic heterocycles. The molecule has 1 saturated carbocycles. The maximum absolute atomic E-state index is 13.5. The molecular formula is C23H24F3N7OSe. The average molecular weight is 550 g/mol. The van der Waals surface area contributed by atoms with E-state index in [-0.39, 0.29) is 22.6 Å². The molecule has 35 heavy (non-hydrogen) atoms. The Morgan fingerprint density at radius 1 is 1.37 bits per heavy atom. The van der Waals surface area contributed by atoms with Crippen LogP contribution in [-0.4, -0.2) is 82.2 Å². The third-order valence-corrected chi connectivity index (χ3v) is 8.23. The van der Waals surface area contributed by atoms with Gasteiger partial charge in [-0.3, -0.25) is 0 Å². The van der Waals surface area contributed by atoms with Crippen LogP contribution in [-0.2, 0) is 7.05 Å². The molecule has 2 aliphatic rings. The summed E-state index contributed by atoms with van der Waals surface area (Å²) in [5.74, 6) is 6.38. The molecule has 5 rings (SSSR count). The van der Waals surface area contributed by atoms with Crippen molar-refractivity contribution < 1.29 is 18.0 Å². The van der Waals surface area contributed by atoms with Gasteiger partial charge in [0.2, 0.25) is 0 Å². The summed E-state index contributed by atoms with van der Waals surface area (Å²) in [6.45, 7) is 1.97.